The number of fused-ring (bicyclic) bond motifs is 1. The monoisotopic (exact) mass is 388 g/mol. The van der Waals surface area contributed by atoms with Crippen LogP contribution < -0.4 is 10.3 Å². The van der Waals surface area contributed by atoms with Crippen LogP contribution in [-0.4, -0.2) is 25.0 Å². The molecule has 1 aliphatic rings. The molecule has 0 radical (unpaired) electrons. The maximum Gasteiger partial charge on any atom is 0.258 e. The van der Waals surface area contributed by atoms with Crippen molar-refractivity contribution in [3.05, 3.63) is 76.5 Å². The normalized spacial score (nSPS) is 18.0. The molecule has 0 saturated heterocycles. The Bertz CT molecular complexity index is 1130. The highest BCUT2D eigenvalue weighted by Crippen LogP contribution is 2.40. The highest BCUT2D eigenvalue weighted by molar-refractivity contribution is 5.85. The van der Waals surface area contributed by atoms with E-state index in [0.29, 0.717) is 17.9 Å². The SMILES string of the molecule is Cc1cc2c(c(=O)n1CCCn1ccnc1)C(c1cccnc1)C(C#N)C(=N)O2. The van der Waals surface area contributed by atoms with Crippen molar-refractivity contribution in [1.82, 2.24) is 19.1 Å². The van der Waals surface area contributed by atoms with Crippen molar-refractivity contribution in [2.45, 2.75) is 32.4 Å². The second-order valence-corrected chi connectivity index (χ2v) is 7.01. The molecule has 3 aromatic rings. The first-order chi connectivity index (χ1) is 14.1. The number of aromatic nitrogens is 4. The Balaban J connectivity index is 1.76. The van der Waals surface area contributed by atoms with Gasteiger partial charge in [-0.1, -0.05) is 6.07 Å². The molecule has 2 atom stereocenters. The summed E-state index contributed by atoms with van der Waals surface area (Å²) in [5.74, 6) is -1.26. The van der Waals surface area contributed by atoms with Crippen LogP contribution in [0.5, 0.6) is 5.75 Å². The zero-order valence-corrected chi connectivity index (χ0v) is 15.9. The molecule has 1 N–H and O–H groups in total. The van der Waals surface area contributed by atoms with Crippen LogP contribution in [0.2, 0.25) is 0 Å². The van der Waals surface area contributed by atoms with Crippen LogP contribution in [0.4, 0.5) is 0 Å². The van der Waals surface area contributed by atoms with Gasteiger partial charge in [0.25, 0.3) is 5.56 Å². The number of pyridine rings is 2. The van der Waals surface area contributed by atoms with Crippen molar-refractivity contribution in [1.29, 1.82) is 10.7 Å². The molecule has 0 amide bonds. The highest BCUT2D eigenvalue weighted by Gasteiger charge is 2.39. The van der Waals surface area contributed by atoms with Crippen molar-refractivity contribution in [2.24, 2.45) is 5.92 Å². The summed E-state index contributed by atoms with van der Waals surface area (Å²) in [6.45, 7) is 3.13. The Hall–Kier alpha value is -3.73. The summed E-state index contributed by atoms with van der Waals surface area (Å²) >= 11 is 0. The van der Waals surface area contributed by atoms with Crippen LogP contribution in [0, 0.1) is 29.6 Å². The molecule has 0 bridgehead atoms. The van der Waals surface area contributed by atoms with E-state index >= 15 is 0 Å². The number of nitrogens with zero attached hydrogens (tertiary/aromatic N) is 5. The van der Waals surface area contributed by atoms with Gasteiger partial charge < -0.3 is 13.9 Å². The zero-order chi connectivity index (χ0) is 20.4. The van der Waals surface area contributed by atoms with Crippen LogP contribution in [0.25, 0.3) is 0 Å². The quantitative estimate of drug-likeness (QED) is 0.722. The molecule has 8 heteroatoms. The van der Waals surface area contributed by atoms with Gasteiger partial charge in [-0.15, -0.1) is 0 Å². The lowest BCUT2D eigenvalue weighted by molar-refractivity contribution is 0.437. The van der Waals surface area contributed by atoms with E-state index < -0.39 is 11.8 Å². The van der Waals surface area contributed by atoms with Crippen LogP contribution in [-0.2, 0) is 13.1 Å². The summed E-state index contributed by atoms with van der Waals surface area (Å²) in [5, 5.41) is 17.8. The fourth-order valence-electron chi connectivity index (χ4n) is 3.79. The minimum atomic E-state index is -0.874. The fraction of sp³-hybridized carbons (Fsp3) is 0.286. The highest BCUT2D eigenvalue weighted by atomic mass is 16.5. The van der Waals surface area contributed by atoms with E-state index in [-0.39, 0.29) is 11.5 Å². The molecular weight excluding hydrogens is 368 g/mol. The summed E-state index contributed by atoms with van der Waals surface area (Å²) in [6.07, 6.45) is 9.39. The molecule has 0 aliphatic carbocycles. The van der Waals surface area contributed by atoms with Gasteiger partial charge in [0.05, 0.1) is 18.0 Å². The van der Waals surface area contributed by atoms with Gasteiger partial charge in [-0.3, -0.25) is 15.2 Å². The first kappa shape index (κ1) is 18.6. The lowest BCUT2D eigenvalue weighted by Crippen LogP contribution is -2.38. The molecule has 8 nitrogen and oxygen atoms in total. The van der Waals surface area contributed by atoms with Crippen molar-refractivity contribution < 1.29 is 4.74 Å². The minimum Gasteiger partial charge on any atom is -0.442 e. The maximum atomic E-state index is 13.4. The van der Waals surface area contributed by atoms with Gasteiger partial charge in [-0.2, -0.15) is 5.26 Å². The Labute approximate surface area is 167 Å². The van der Waals surface area contributed by atoms with Gasteiger partial charge in [0, 0.05) is 55.6 Å². The third-order valence-electron chi connectivity index (χ3n) is 5.19. The van der Waals surface area contributed by atoms with Gasteiger partial charge in [-0.05, 0) is 25.0 Å². The standard InChI is InChI=1S/C21H20N6O2/c1-14-10-17-19(21(28)27(14)8-3-7-26-9-6-25-13-26)18(15-4-2-5-24-12-15)16(11-22)20(23)29-17/h2,4-6,9-10,12-13,16,18,23H,3,7-8H2,1H3. The number of aryl methyl sites for hydroxylation is 2. The minimum absolute atomic E-state index is 0.148. The summed E-state index contributed by atoms with van der Waals surface area (Å²) < 4.78 is 9.26. The van der Waals surface area contributed by atoms with Crippen LogP contribution in [0.3, 0.4) is 0 Å². The summed E-state index contributed by atoms with van der Waals surface area (Å²) in [4.78, 5) is 21.6. The Morgan fingerprint density at radius 2 is 2.17 bits per heavy atom. The number of hydrogen-bond acceptors (Lipinski definition) is 6. The van der Waals surface area contributed by atoms with Crippen molar-refractivity contribution >= 4 is 5.90 Å². The molecule has 4 heterocycles. The molecule has 0 spiro atoms. The van der Waals surface area contributed by atoms with E-state index in [1.54, 1.807) is 41.6 Å². The van der Waals surface area contributed by atoms with Crippen LogP contribution >= 0.6 is 0 Å². The number of nitrogens with one attached hydrogen (secondary N) is 1. The molecule has 3 aromatic heterocycles. The molecular formula is C21H20N6O2. The van der Waals surface area contributed by atoms with E-state index in [4.69, 9.17) is 10.1 Å². The van der Waals surface area contributed by atoms with Gasteiger partial charge >= 0.3 is 0 Å². The van der Waals surface area contributed by atoms with Gasteiger partial charge in [0.1, 0.15) is 11.7 Å². The number of hydrogen-bond donors (Lipinski definition) is 1. The topological polar surface area (TPSA) is 110 Å². The maximum absolute atomic E-state index is 13.4. The lowest BCUT2D eigenvalue weighted by atomic mass is 9.80. The third kappa shape index (κ3) is 3.43. The molecule has 0 fully saturated rings. The van der Waals surface area contributed by atoms with Gasteiger partial charge in [-0.25, -0.2) is 4.98 Å². The van der Waals surface area contributed by atoms with E-state index in [0.717, 1.165) is 24.2 Å². The Morgan fingerprint density at radius 1 is 1.31 bits per heavy atom. The number of ether oxygens (including phenoxy) is 1. The van der Waals surface area contributed by atoms with Crippen molar-refractivity contribution in [3.8, 4) is 11.8 Å². The van der Waals surface area contributed by atoms with Gasteiger partial charge in [0.15, 0.2) is 0 Å². The molecule has 1 aliphatic heterocycles. The van der Waals surface area contributed by atoms with E-state index in [2.05, 4.69) is 16.0 Å². The molecule has 4 rings (SSSR count). The van der Waals surface area contributed by atoms with Crippen molar-refractivity contribution in [2.75, 3.05) is 0 Å². The molecule has 0 aromatic carbocycles. The smallest absolute Gasteiger partial charge is 0.258 e. The van der Waals surface area contributed by atoms with Gasteiger partial charge in [0.2, 0.25) is 5.90 Å². The predicted octanol–water partition coefficient (Wildman–Crippen LogP) is 2.48. The zero-order valence-electron chi connectivity index (χ0n) is 15.9. The number of rotatable bonds is 5. The molecule has 0 saturated carbocycles. The summed E-state index contributed by atoms with van der Waals surface area (Å²) in [5.41, 5.74) is 1.70. The Kier molecular flexibility index (Phi) is 4.96. The summed E-state index contributed by atoms with van der Waals surface area (Å²) in [6, 6.07) is 7.50. The lowest BCUT2D eigenvalue weighted by Gasteiger charge is -2.30. The van der Waals surface area contributed by atoms with E-state index in [1.807, 2.05) is 23.8 Å². The van der Waals surface area contributed by atoms with Crippen LogP contribution in [0.1, 0.15) is 29.2 Å². The van der Waals surface area contributed by atoms with Crippen LogP contribution in [0.15, 0.2) is 54.1 Å². The van der Waals surface area contributed by atoms with E-state index in [9.17, 15) is 10.1 Å². The summed E-state index contributed by atoms with van der Waals surface area (Å²) in [7, 11) is 0. The Morgan fingerprint density at radius 3 is 2.86 bits per heavy atom. The number of nitriles is 1. The average Bonchev–Trinajstić information content (AvgIpc) is 3.23. The third-order valence-corrected chi connectivity index (χ3v) is 5.19. The number of imidazole rings is 1. The van der Waals surface area contributed by atoms with Crippen molar-refractivity contribution in [3.63, 3.8) is 0 Å². The largest absolute Gasteiger partial charge is 0.442 e. The first-order valence-corrected chi connectivity index (χ1v) is 9.36. The molecule has 29 heavy (non-hydrogen) atoms. The molecule has 2 unspecified atom stereocenters. The average molecular weight is 388 g/mol. The molecule has 146 valence electrons. The first-order valence-electron chi connectivity index (χ1n) is 9.36. The van der Waals surface area contributed by atoms with E-state index in [1.165, 1.54) is 0 Å². The second kappa shape index (κ2) is 7.72. The predicted molar refractivity (Wildman–Crippen MR) is 106 cm³/mol. The second-order valence-electron chi connectivity index (χ2n) is 7.01. The fourth-order valence-corrected chi connectivity index (χ4v) is 3.79.